The molecule has 1 aliphatic carbocycles. The molecule has 1 saturated heterocycles. The fourth-order valence-corrected chi connectivity index (χ4v) is 3.60. The average molecular weight is 290 g/mol. The number of piperazine rings is 1. The standard InChI is InChI=1S/C17H30N4/c1-17(2,3)16-13-20(11-9-18-16)12-14-8-10-21(19-14)15-6-4-5-7-15/h8,10,15-16,18H,4-7,9,11-13H2,1-3H3. The maximum atomic E-state index is 4.83. The predicted octanol–water partition coefficient (Wildman–Crippen LogP) is 2.82. The van der Waals surface area contributed by atoms with Crippen LogP contribution in [0.2, 0.25) is 0 Å². The topological polar surface area (TPSA) is 33.1 Å². The Morgan fingerprint density at radius 1 is 1.29 bits per heavy atom. The summed E-state index contributed by atoms with van der Waals surface area (Å²) in [6.07, 6.45) is 7.53. The highest BCUT2D eigenvalue weighted by atomic mass is 15.3. The molecule has 1 aromatic rings. The molecule has 1 aromatic heterocycles. The van der Waals surface area contributed by atoms with Crippen LogP contribution in [-0.4, -0.2) is 40.4 Å². The van der Waals surface area contributed by atoms with Gasteiger partial charge in [-0.15, -0.1) is 0 Å². The fraction of sp³-hybridized carbons (Fsp3) is 0.824. The second kappa shape index (κ2) is 6.09. The maximum Gasteiger partial charge on any atom is 0.0764 e. The first kappa shape index (κ1) is 15.0. The largest absolute Gasteiger partial charge is 0.311 e. The van der Waals surface area contributed by atoms with E-state index < -0.39 is 0 Å². The quantitative estimate of drug-likeness (QED) is 0.929. The first-order valence-corrected chi connectivity index (χ1v) is 8.52. The van der Waals surface area contributed by atoms with Gasteiger partial charge in [-0.2, -0.15) is 5.10 Å². The number of rotatable bonds is 3. The Balaban J connectivity index is 1.58. The Morgan fingerprint density at radius 3 is 2.76 bits per heavy atom. The number of nitrogens with one attached hydrogen (secondary N) is 1. The zero-order valence-corrected chi connectivity index (χ0v) is 13.8. The van der Waals surface area contributed by atoms with Gasteiger partial charge in [0.2, 0.25) is 0 Å². The van der Waals surface area contributed by atoms with Crippen LogP contribution < -0.4 is 5.32 Å². The van der Waals surface area contributed by atoms with E-state index in [0.717, 1.165) is 26.2 Å². The zero-order valence-electron chi connectivity index (χ0n) is 13.8. The maximum absolute atomic E-state index is 4.83. The smallest absolute Gasteiger partial charge is 0.0764 e. The lowest BCUT2D eigenvalue weighted by molar-refractivity contribution is 0.128. The normalized spacial score (nSPS) is 25.6. The van der Waals surface area contributed by atoms with Gasteiger partial charge in [-0.1, -0.05) is 33.6 Å². The third-order valence-electron chi connectivity index (χ3n) is 5.05. The number of aromatic nitrogens is 2. The fourth-order valence-electron chi connectivity index (χ4n) is 3.60. The van der Waals surface area contributed by atoms with Crippen LogP contribution in [0.25, 0.3) is 0 Å². The van der Waals surface area contributed by atoms with E-state index in [-0.39, 0.29) is 0 Å². The number of hydrogen-bond donors (Lipinski definition) is 1. The van der Waals surface area contributed by atoms with Crippen molar-refractivity contribution in [2.75, 3.05) is 19.6 Å². The Bertz CT molecular complexity index is 454. The van der Waals surface area contributed by atoms with Gasteiger partial charge in [0.05, 0.1) is 11.7 Å². The second-order valence-corrected chi connectivity index (χ2v) is 7.83. The molecule has 3 rings (SSSR count). The van der Waals surface area contributed by atoms with E-state index in [1.54, 1.807) is 0 Å². The van der Waals surface area contributed by atoms with Gasteiger partial charge in [-0.05, 0) is 24.3 Å². The van der Waals surface area contributed by atoms with Crippen molar-refractivity contribution in [1.82, 2.24) is 20.0 Å². The minimum Gasteiger partial charge on any atom is -0.311 e. The van der Waals surface area contributed by atoms with Gasteiger partial charge in [0.15, 0.2) is 0 Å². The van der Waals surface area contributed by atoms with Crippen LogP contribution in [-0.2, 0) is 6.54 Å². The van der Waals surface area contributed by atoms with Crippen molar-refractivity contribution in [2.24, 2.45) is 5.41 Å². The Kier molecular flexibility index (Phi) is 4.36. The van der Waals surface area contributed by atoms with E-state index >= 15 is 0 Å². The molecular weight excluding hydrogens is 260 g/mol. The molecule has 1 unspecified atom stereocenters. The molecule has 0 bridgehead atoms. The van der Waals surface area contributed by atoms with Crippen LogP contribution in [0.4, 0.5) is 0 Å². The SMILES string of the molecule is CC(C)(C)C1CN(Cc2ccn(C3CCCC3)n2)CCN1. The molecule has 0 amide bonds. The monoisotopic (exact) mass is 290 g/mol. The van der Waals surface area contributed by atoms with Crippen molar-refractivity contribution in [3.63, 3.8) is 0 Å². The molecule has 1 saturated carbocycles. The van der Waals surface area contributed by atoms with E-state index in [4.69, 9.17) is 5.10 Å². The Morgan fingerprint density at radius 2 is 2.05 bits per heavy atom. The van der Waals surface area contributed by atoms with Crippen LogP contribution in [0, 0.1) is 5.41 Å². The molecule has 1 N–H and O–H groups in total. The van der Waals surface area contributed by atoms with E-state index in [1.807, 2.05) is 0 Å². The Hall–Kier alpha value is -0.870. The molecule has 2 heterocycles. The molecule has 0 spiro atoms. The summed E-state index contributed by atoms with van der Waals surface area (Å²) < 4.78 is 2.21. The molecule has 0 aromatic carbocycles. The lowest BCUT2D eigenvalue weighted by atomic mass is 9.85. The third-order valence-corrected chi connectivity index (χ3v) is 5.05. The summed E-state index contributed by atoms with van der Waals surface area (Å²) in [5, 5.41) is 8.49. The van der Waals surface area contributed by atoms with Crippen LogP contribution >= 0.6 is 0 Å². The molecule has 4 heteroatoms. The highest BCUT2D eigenvalue weighted by Crippen LogP contribution is 2.29. The lowest BCUT2D eigenvalue weighted by Gasteiger charge is -2.40. The van der Waals surface area contributed by atoms with Crippen molar-refractivity contribution in [1.29, 1.82) is 0 Å². The molecule has 118 valence electrons. The molecule has 2 aliphatic rings. The van der Waals surface area contributed by atoms with Crippen LogP contribution in [0.1, 0.15) is 58.2 Å². The van der Waals surface area contributed by atoms with E-state index in [1.165, 1.54) is 31.4 Å². The van der Waals surface area contributed by atoms with Gasteiger partial charge in [0.1, 0.15) is 0 Å². The summed E-state index contributed by atoms with van der Waals surface area (Å²) in [5.41, 5.74) is 1.55. The highest BCUT2D eigenvalue weighted by Gasteiger charge is 2.29. The van der Waals surface area contributed by atoms with Crippen LogP contribution in [0.3, 0.4) is 0 Å². The summed E-state index contributed by atoms with van der Waals surface area (Å²) in [6.45, 7) is 11.3. The highest BCUT2D eigenvalue weighted by molar-refractivity contribution is 5.01. The minimum absolute atomic E-state index is 0.321. The first-order chi connectivity index (χ1) is 10.0. The van der Waals surface area contributed by atoms with Crippen molar-refractivity contribution in [2.45, 2.75) is 65.1 Å². The van der Waals surface area contributed by atoms with Crippen molar-refractivity contribution < 1.29 is 0 Å². The van der Waals surface area contributed by atoms with E-state index in [9.17, 15) is 0 Å². The van der Waals surface area contributed by atoms with Crippen molar-refractivity contribution in [3.8, 4) is 0 Å². The third kappa shape index (κ3) is 3.67. The molecule has 1 aliphatic heterocycles. The van der Waals surface area contributed by atoms with Gasteiger partial charge in [-0.3, -0.25) is 9.58 Å². The average Bonchev–Trinajstić information content (AvgIpc) is 3.08. The summed E-state index contributed by atoms with van der Waals surface area (Å²) >= 11 is 0. The number of nitrogens with zero attached hydrogens (tertiary/aromatic N) is 3. The molecule has 21 heavy (non-hydrogen) atoms. The molecule has 2 fully saturated rings. The summed E-state index contributed by atoms with van der Waals surface area (Å²) in [5.74, 6) is 0. The summed E-state index contributed by atoms with van der Waals surface area (Å²) in [6, 6.07) is 3.44. The van der Waals surface area contributed by atoms with Crippen LogP contribution in [0.15, 0.2) is 12.3 Å². The first-order valence-electron chi connectivity index (χ1n) is 8.52. The van der Waals surface area contributed by atoms with Gasteiger partial charge in [0.25, 0.3) is 0 Å². The van der Waals surface area contributed by atoms with Crippen molar-refractivity contribution in [3.05, 3.63) is 18.0 Å². The van der Waals surface area contributed by atoms with Crippen molar-refractivity contribution >= 4 is 0 Å². The second-order valence-electron chi connectivity index (χ2n) is 7.83. The Labute approximate surface area is 128 Å². The summed E-state index contributed by atoms with van der Waals surface area (Å²) in [7, 11) is 0. The summed E-state index contributed by atoms with van der Waals surface area (Å²) in [4.78, 5) is 2.55. The zero-order chi connectivity index (χ0) is 14.9. The van der Waals surface area contributed by atoms with Gasteiger partial charge >= 0.3 is 0 Å². The van der Waals surface area contributed by atoms with Gasteiger partial charge in [0, 0.05) is 38.4 Å². The molecule has 4 nitrogen and oxygen atoms in total. The molecular formula is C17H30N4. The predicted molar refractivity (Wildman–Crippen MR) is 86.3 cm³/mol. The number of hydrogen-bond acceptors (Lipinski definition) is 3. The minimum atomic E-state index is 0.321. The molecule has 0 radical (unpaired) electrons. The van der Waals surface area contributed by atoms with Gasteiger partial charge < -0.3 is 5.32 Å². The van der Waals surface area contributed by atoms with E-state index in [0.29, 0.717) is 17.5 Å². The van der Waals surface area contributed by atoms with Gasteiger partial charge in [-0.25, -0.2) is 0 Å². The molecule has 1 atom stereocenters. The van der Waals surface area contributed by atoms with E-state index in [2.05, 4.69) is 47.9 Å². The van der Waals surface area contributed by atoms with Crippen LogP contribution in [0.5, 0.6) is 0 Å². The lowest BCUT2D eigenvalue weighted by Crippen LogP contribution is -2.55.